The Hall–Kier alpha value is -2.10. The van der Waals surface area contributed by atoms with Crippen molar-refractivity contribution in [1.82, 2.24) is 0 Å². The minimum atomic E-state index is -0.550. The molecule has 4 nitrogen and oxygen atoms in total. The maximum Gasteiger partial charge on any atom is 0.250 e. The van der Waals surface area contributed by atoms with Gasteiger partial charge in [0.2, 0.25) is 5.91 Å². The molecule has 3 N–H and O–H groups in total. The van der Waals surface area contributed by atoms with Crippen molar-refractivity contribution in [2.24, 2.45) is 11.7 Å². The first-order valence-electron chi connectivity index (χ1n) is 4.97. The predicted molar refractivity (Wildman–Crippen MR) is 60.8 cm³/mol. The highest BCUT2D eigenvalue weighted by Crippen LogP contribution is 2.36. The molecule has 1 fully saturated rings. The molecule has 0 saturated heterocycles. The van der Waals surface area contributed by atoms with E-state index in [0.29, 0.717) is 11.3 Å². The highest BCUT2D eigenvalue weighted by molar-refractivity contribution is 6.04. The smallest absolute Gasteiger partial charge is 0.250 e. The number of hydrogen-bond donors (Lipinski definition) is 2. The fraction of sp³-hybridized carbons (Fsp3) is 0.167. The van der Waals surface area contributed by atoms with Crippen LogP contribution in [0, 0.1) is 5.92 Å². The number of amides is 2. The number of nitrogens with one attached hydrogen (secondary N) is 1. The van der Waals surface area contributed by atoms with Crippen molar-refractivity contribution in [3.63, 3.8) is 0 Å². The number of carbonyl (C=O) groups is 2. The molecule has 0 aliphatic heterocycles. The summed E-state index contributed by atoms with van der Waals surface area (Å²) in [5, 5.41) is 2.68. The lowest BCUT2D eigenvalue weighted by Gasteiger charge is -2.07. The molecule has 0 unspecified atom stereocenters. The minimum Gasteiger partial charge on any atom is -0.366 e. The number of benzene rings is 1. The minimum absolute atomic E-state index is 0.110. The first kappa shape index (κ1) is 10.4. The van der Waals surface area contributed by atoms with Gasteiger partial charge in [-0.05, 0) is 18.6 Å². The molecule has 1 aliphatic carbocycles. The topological polar surface area (TPSA) is 72.2 Å². The van der Waals surface area contributed by atoms with Crippen molar-refractivity contribution >= 4 is 17.5 Å². The third-order valence-corrected chi connectivity index (χ3v) is 2.57. The molecule has 1 aliphatic rings. The summed E-state index contributed by atoms with van der Waals surface area (Å²) in [6.45, 7) is 3.72. The van der Waals surface area contributed by atoms with Crippen LogP contribution in [0.1, 0.15) is 16.8 Å². The fourth-order valence-corrected chi connectivity index (χ4v) is 1.51. The third kappa shape index (κ3) is 1.95. The van der Waals surface area contributed by atoms with Crippen molar-refractivity contribution < 1.29 is 9.59 Å². The van der Waals surface area contributed by atoms with Crippen LogP contribution in [0.15, 0.2) is 36.4 Å². The van der Waals surface area contributed by atoms with E-state index in [4.69, 9.17) is 5.73 Å². The van der Waals surface area contributed by atoms with E-state index < -0.39 is 5.91 Å². The van der Waals surface area contributed by atoms with Crippen molar-refractivity contribution in [2.75, 3.05) is 5.32 Å². The molecular formula is C12H12N2O2. The second-order valence-corrected chi connectivity index (χ2v) is 3.81. The van der Waals surface area contributed by atoms with Crippen LogP contribution in [-0.2, 0) is 4.79 Å². The lowest BCUT2D eigenvalue weighted by atomic mass is 10.1. The molecule has 0 bridgehead atoms. The van der Waals surface area contributed by atoms with Crippen LogP contribution in [0.25, 0.3) is 0 Å². The van der Waals surface area contributed by atoms with Crippen LogP contribution in [-0.4, -0.2) is 11.8 Å². The number of hydrogen-bond acceptors (Lipinski definition) is 2. The Bertz CT molecular complexity index is 480. The molecule has 82 valence electrons. The third-order valence-electron chi connectivity index (χ3n) is 2.57. The van der Waals surface area contributed by atoms with Gasteiger partial charge in [-0.3, -0.25) is 9.59 Å². The molecule has 0 aromatic heterocycles. The molecule has 16 heavy (non-hydrogen) atoms. The van der Waals surface area contributed by atoms with Gasteiger partial charge < -0.3 is 11.1 Å². The normalized spacial score (nSPS) is 18.0. The first-order chi connectivity index (χ1) is 7.59. The maximum atomic E-state index is 11.6. The highest BCUT2D eigenvalue weighted by Gasteiger charge is 2.34. The second-order valence-electron chi connectivity index (χ2n) is 3.81. The van der Waals surface area contributed by atoms with E-state index in [1.807, 2.05) is 0 Å². The molecule has 1 saturated carbocycles. The average molecular weight is 216 g/mol. The number of nitrogens with two attached hydrogens (primary N) is 1. The van der Waals surface area contributed by atoms with Crippen LogP contribution >= 0.6 is 0 Å². The first-order valence-corrected chi connectivity index (χ1v) is 4.97. The summed E-state index contributed by atoms with van der Waals surface area (Å²) >= 11 is 0. The Labute approximate surface area is 93.1 Å². The van der Waals surface area contributed by atoms with Gasteiger partial charge in [-0.25, -0.2) is 0 Å². The van der Waals surface area contributed by atoms with E-state index >= 15 is 0 Å². The lowest BCUT2D eigenvalue weighted by molar-refractivity contribution is -0.117. The van der Waals surface area contributed by atoms with Crippen molar-refractivity contribution in [2.45, 2.75) is 6.42 Å². The fourth-order valence-electron chi connectivity index (χ4n) is 1.51. The molecular weight excluding hydrogens is 204 g/mol. The Morgan fingerprint density at radius 1 is 1.38 bits per heavy atom. The zero-order valence-corrected chi connectivity index (χ0v) is 8.69. The van der Waals surface area contributed by atoms with Crippen LogP contribution in [0.5, 0.6) is 0 Å². The largest absolute Gasteiger partial charge is 0.366 e. The van der Waals surface area contributed by atoms with Gasteiger partial charge in [0.25, 0.3) is 5.91 Å². The van der Waals surface area contributed by atoms with Gasteiger partial charge in [-0.2, -0.15) is 0 Å². The summed E-state index contributed by atoms with van der Waals surface area (Å²) in [4.78, 5) is 22.7. The highest BCUT2D eigenvalue weighted by atomic mass is 16.2. The van der Waals surface area contributed by atoms with Crippen molar-refractivity contribution in [1.29, 1.82) is 0 Å². The van der Waals surface area contributed by atoms with E-state index in [1.165, 1.54) is 0 Å². The molecule has 2 rings (SSSR count). The number of rotatable bonds is 3. The molecule has 0 spiro atoms. The van der Waals surface area contributed by atoms with Gasteiger partial charge in [0.15, 0.2) is 0 Å². The number of carbonyl (C=O) groups excluding carboxylic acids is 2. The number of anilines is 1. The standard InChI is InChI=1S/C12H12N2O2/c1-7-6-9(7)12(16)14-10-5-3-2-4-8(10)11(13)15/h2-5,9H,1,6H2,(H2,13,15)(H,14,16)/t9-/m1/s1. The van der Waals surface area contributed by atoms with Crippen LogP contribution in [0.2, 0.25) is 0 Å². The van der Waals surface area contributed by atoms with Gasteiger partial charge in [0.1, 0.15) is 0 Å². The zero-order chi connectivity index (χ0) is 11.7. The maximum absolute atomic E-state index is 11.6. The summed E-state index contributed by atoms with van der Waals surface area (Å²) < 4.78 is 0. The van der Waals surface area contributed by atoms with E-state index in [1.54, 1.807) is 24.3 Å². The number of primary amides is 1. The second kappa shape index (κ2) is 3.81. The molecule has 1 aromatic rings. The SMILES string of the molecule is C=C1C[C@H]1C(=O)Nc1ccccc1C(N)=O. The van der Waals surface area contributed by atoms with Crippen LogP contribution in [0.4, 0.5) is 5.69 Å². The molecule has 1 aromatic carbocycles. The Morgan fingerprint density at radius 2 is 2.00 bits per heavy atom. The monoisotopic (exact) mass is 216 g/mol. The van der Waals surface area contributed by atoms with Crippen LogP contribution in [0.3, 0.4) is 0 Å². The predicted octanol–water partition coefficient (Wildman–Crippen LogP) is 1.30. The van der Waals surface area contributed by atoms with E-state index in [0.717, 1.165) is 12.0 Å². The molecule has 2 amide bonds. The van der Waals surface area contributed by atoms with Crippen molar-refractivity contribution in [3.05, 3.63) is 42.0 Å². The van der Waals surface area contributed by atoms with E-state index in [-0.39, 0.29) is 11.8 Å². The Kier molecular flexibility index (Phi) is 2.48. The summed E-state index contributed by atoms with van der Waals surface area (Å²) in [6.07, 6.45) is 0.727. The lowest BCUT2D eigenvalue weighted by Crippen LogP contribution is -2.19. The van der Waals surface area contributed by atoms with Gasteiger partial charge in [0, 0.05) is 0 Å². The van der Waals surface area contributed by atoms with Gasteiger partial charge in [-0.1, -0.05) is 24.3 Å². The van der Waals surface area contributed by atoms with E-state index in [9.17, 15) is 9.59 Å². The summed E-state index contributed by atoms with van der Waals surface area (Å²) in [6, 6.07) is 6.68. The molecule has 4 heteroatoms. The van der Waals surface area contributed by atoms with Crippen molar-refractivity contribution in [3.8, 4) is 0 Å². The summed E-state index contributed by atoms with van der Waals surface area (Å²) in [5.74, 6) is -0.787. The Morgan fingerprint density at radius 3 is 2.56 bits per heavy atom. The number of para-hydroxylation sites is 1. The van der Waals surface area contributed by atoms with Gasteiger partial charge in [-0.15, -0.1) is 0 Å². The quantitative estimate of drug-likeness (QED) is 0.747. The summed E-state index contributed by atoms with van der Waals surface area (Å²) in [5.41, 5.74) is 6.91. The zero-order valence-electron chi connectivity index (χ0n) is 8.69. The average Bonchev–Trinajstić information content (AvgIpc) is 2.96. The van der Waals surface area contributed by atoms with Gasteiger partial charge in [0.05, 0.1) is 17.2 Å². The Balaban J connectivity index is 2.17. The molecule has 0 radical (unpaired) electrons. The molecule has 0 heterocycles. The summed E-state index contributed by atoms with van der Waals surface area (Å²) in [7, 11) is 0. The molecule has 1 atom stereocenters. The van der Waals surface area contributed by atoms with Gasteiger partial charge >= 0.3 is 0 Å². The van der Waals surface area contributed by atoms with Crippen LogP contribution < -0.4 is 11.1 Å². The van der Waals surface area contributed by atoms with E-state index in [2.05, 4.69) is 11.9 Å².